The summed E-state index contributed by atoms with van der Waals surface area (Å²) in [4.78, 5) is 13.8. The van der Waals surface area contributed by atoms with E-state index in [1.54, 1.807) is 4.57 Å². The Morgan fingerprint density at radius 1 is 1.77 bits per heavy atom. The van der Waals surface area contributed by atoms with Crippen LogP contribution >= 0.6 is 0 Å². The highest BCUT2D eigenvalue weighted by atomic mass is 16.6. The molecule has 6 heteroatoms. The number of nitro groups is 1. The zero-order valence-corrected chi connectivity index (χ0v) is 7.01. The fraction of sp³-hybridized carbons (Fsp3) is 0.571. The number of nitrogens with zero attached hydrogens (tertiary/aromatic N) is 3. The smallest absolute Gasteiger partial charge is 0.358 e. The summed E-state index contributed by atoms with van der Waals surface area (Å²) >= 11 is 0. The highest BCUT2D eigenvalue weighted by Crippen LogP contribution is 2.26. The van der Waals surface area contributed by atoms with Gasteiger partial charge in [-0.1, -0.05) is 0 Å². The van der Waals surface area contributed by atoms with Gasteiger partial charge in [-0.2, -0.15) is 0 Å². The van der Waals surface area contributed by atoms with Crippen LogP contribution in [-0.2, 0) is 6.42 Å². The van der Waals surface area contributed by atoms with Crippen LogP contribution in [0.1, 0.15) is 24.7 Å². The highest BCUT2D eigenvalue weighted by Gasteiger charge is 2.26. The molecule has 0 saturated heterocycles. The van der Waals surface area contributed by atoms with Crippen molar-refractivity contribution in [3.63, 3.8) is 0 Å². The summed E-state index contributed by atoms with van der Waals surface area (Å²) in [5.41, 5.74) is 6.42. The van der Waals surface area contributed by atoms with Gasteiger partial charge >= 0.3 is 5.82 Å². The Kier molecular flexibility index (Phi) is 1.77. The Morgan fingerprint density at radius 2 is 2.54 bits per heavy atom. The molecule has 0 amide bonds. The Hall–Kier alpha value is -1.43. The second-order valence-corrected chi connectivity index (χ2v) is 3.14. The molecule has 0 spiro atoms. The summed E-state index contributed by atoms with van der Waals surface area (Å²) in [7, 11) is 0. The normalized spacial score (nSPS) is 21.2. The monoisotopic (exact) mass is 182 g/mol. The molecule has 1 aliphatic rings. The molecule has 0 aromatic carbocycles. The minimum atomic E-state index is -0.454. The first-order valence-corrected chi connectivity index (χ1v) is 4.16. The van der Waals surface area contributed by atoms with Gasteiger partial charge in [0.15, 0.2) is 0 Å². The first-order chi connectivity index (χ1) is 6.20. The van der Waals surface area contributed by atoms with Crippen molar-refractivity contribution >= 4 is 5.82 Å². The lowest BCUT2D eigenvalue weighted by Crippen LogP contribution is -2.24. The van der Waals surface area contributed by atoms with Gasteiger partial charge in [-0.25, -0.2) is 0 Å². The molecule has 2 rings (SSSR count). The van der Waals surface area contributed by atoms with Crippen molar-refractivity contribution in [1.82, 2.24) is 9.55 Å². The number of nitrogens with two attached hydrogens (primary N) is 1. The zero-order chi connectivity index (χ0) is 9.42. The van der Waals surface area contributed by atoms with Crippen LogP contribution in [0.15, 0.2) is 6.33 Å². The molecule has 13 heavy (non-hydrogen) atoms. The lowest BCUT2D eigenvalue weighted by molar-refractivity contribution is -0.390. The molecule has 1 unspecified atom stereocenters. The van der Waals surface area contributed by atoms with Crippen LogP contribution in [-0.4, -0.2) is 14.5 Å². The van der Waals surface area contributed by atoms with Crippen LogP contribution in [0.5, 0.6) is 0 Å². The molecule has 1 aromatic rings. The molecule has 0 aliphatic carbocycles. The lowest BCUT2D eigenvalue weighted by atomic mass is 10.1. The molecule has 0 saturated carbocycles. The number of fused-ring (bicyclic) bond motifs is 1. The standard InChI is InChI=1S/C7H10N4O2/c8-6-3-1-2-5-7(11(12)13)9-4-10(5)6/h4,6H,1-3,8H2. The maximum Gasteiger partial charge on any atom is 0.384 e. The molecule has 2 heterocycles. The van der Waals surface area contributed by atoms with Crippen LogP contribution in [0.2, 0.25) is 0 Å². The minimum absolute atomic E-state index is 0.0462. The van der Waals surface area contributed by atoms with Crippen LogP contribution in [0.4, 0.5) is 5.82 Å². The second-order valence-electron chi connectivity index (χ2n) is 3.14. The summed E-state index contributed by atoms with van der Waals surface area (Å²) in [5.74, 6) is -0.0462. The first-order valence-electron chi connectivity index (χ1n) is 4.16. The molecule has 6 nitrogen and oxygen atoms in total. The fourth-order valence-corrected chi connectivity index (χ4v) is 1.67. The van der Waals surface area contributed by atoms with Gasteiger partial charge in [-0.3, -0.25) is 4.57 Å². The topological polar surface area (TPSA) is 87.0 Å². The van der Waals surface area contributed by atoms with E-state index < -0.39 is 4.92 Å². The third-order valence-corrected chi connectivity index (χ3v) is 2.32. The Morgan fingerprint density at radius 3 is 3.23 bits per heavy atom. The molecular weight excluding hydrogens is 172 g/mol. The van der Waals surface area contributed by atoms with E-state index in [9.17, 15) is 10.1 Å². The van der Waals surface area contributed by atoms with Gasteiger partial charge in [0, 0.05) is 0 Å². The molecule has 2 N–H and O–H groups in total. The fourth-order valence-electron chi connectivity index (χ4n) is 1.67. The number of hydrogen-bond acceptors (Lipinski definition) is 4. The van der Waals surface area contributed by atoms with Gasteiger partial charge in [-0.15, -0.1) is 0 Å². The van der Waals surface area contributed by atoms with E-state index in [1.807, 2.05) is 0 Å². The Balaban J connectivity index is 2.47. The van der Waals surface area contributed by atoms with Gasteiger partial charge < -0.3 is 15.8 Å². The van der Waals surface area contributed by atoms with Crippen molar-refractivity contribution in [2.45, 2.75) is 25.4 Å². The quantitative estimate of drug-likeness (QED) is 0.508. The third-order valence-electron chi connectivity index (χ3n) is 2.32. The maximum absolute atomic E-state index is 10.5. The van der Waals surface area contributed by atoms with E-state index >= 15 is 0 Å². The van der Waals surface area contributed by atoms with E-state index in [-0.39, 0.29) is 12.0 Å². The summed E-state index contributed by atoms with van der Waals surface area (Å²) in [5, 5.41) is 10.5. The van der Waals surface area contributed by atoms with E-state index in [0.717, 1.165) is 12.8 Å². The van der Waals surface area contributed by atoms with Crippen LogP contribution in [0.3, 0.4) is 0 Å². The predicted molar refractivity (Wildman–Crippen MR) is 45.0 cm³/mol. The summed E-state index contributed by atoms with van der Waals surface area (Å²) in [6, 6.07) is 0. The van der Waals surface area contributed by atoms with Gasteiger partial charge in [0.25, 0.3) is 0 Å². The van der Waals surface area contributed by atoms with Gasteiger partial charge in [0.1, 0.15) is 5.69 Å². The van der Waals surface area contributed by atoms with Crippen molar-refractivity contribution in [2.75, 3.05) is 0 Å². The molecule has 1 aliphatic heterocycles. The van der Waals surface area contributed by atoms with Gasteiger partial charge in [-0.05, 0) is 29.2 Å². The Labute approximate surface area is 74.5 Å². The second kappa shape index (κ2) is 2.81. The average Bonchev–Trinajstić information content (AvgIpc) is 2.48. The van der Waals surface area contributed by atoms with Crippen molar-refractivity contribution < 1.29 is 4.92 Å². The Bertz CT molecular complexity index is 346. The van der Waals surface area contributed by atoms with Crippen LogP contribution in [0, 0.1) is 10.1 Å². The highest BCUT2D eigenvalue weighted by molar-refractivity contribution is 5.28. The van der Waals surface area contributed by atoms with E-state index in [0.29, 0.717) is 12.1 Å². The predicted octanol–water partition coefficient (Wildman–Crippen LogP) is 0.585. The molecular formula is C7H10N4O2. The number of rotatable bonds is 1. The summed E-state index contributed by atoms with van der Waals surface area (Å²) < 4.78 is 1.70. The zero-order valence-electron chi connectivity index (χ0n) is 7.01. The molecule has 1 atom stereocenters. The number of hydrogen-bond donors (Lipinski definition) is 1. The number of aromatic nitrogens is 2. The SMILES string of the molecule is NC1CCCc2c([N+](=O)[O-])ncn21. The van der Waals surface area contributed by atoms with E-state index in [4.69, 9.17) is 5.73 Å². The maximum atomic E-state index is 10.5. The lowest BCUT2D eigenvalue weighted by Gasteiger charge is -2.19. The third kappa shape index (κ3) is 1.19. The van der Waals surface area contributed by atoms with Crippen molar-refractivity contribution in [3.8, 4) is 0 Å². The molecule has 0 radical (unpaired) electrons. The summed E-state index contributed by atoms with van der Waals surface area (Å²) in [6.45, 7) is 0. The average molecular weight is 182 g/mol. The van der Waals surface area contributed by atoms with E-state index in [2.05, 4.69) is 4.98 Å². The van der Waals surface area contributed by atoms with Crippen molar-refractivity contribution in [1.29, 1.82) is 0 Å². The minimum Gasteiger partial charge on any atom is -0.358 e. The molecule has 70 valence electrons. The van der Waals surface area contributed by atoms with Crippen LogP contribution in [0.25, 0.3) is 0 Å². The van der Waals surface area contributed by atoms with E-state index in [1.165, 1.54) is 6.33 Å². The molecule has 0 fully saturated rings. The first kappa shape index (κ1) is 8.18. The largest absolute Gasteiger partial charge is 0.384 e. The summed E-state index contributed by atoms with van der Waals surface area (Å²) in [6.07, 6.45) is 3.76. The molecule has 0 bridgehead atoms. The van der Waals surface area contributed by atoms with Crippen molar-refractivity contribution in [3.05, 3.63) is 22.1 Å². The van der Waals surface area contributed by atoms with Crippen molar-refractivity contribution in [2.24, 2.45) is 5.73 Å². The molecule has 1 aromatic heterocycles. The number of imidazole rings is 1. The van der Waals surface area contributed by atoms with Gasteiger partial charge in [0.2, 0.25) is 6.33 Å². The van der Waals surface area contributed by atoms with Gasteiger partial charge in [0.05, 0.1) is 6.17 Å². The van der Waals surface area contributed by atoms with Crippen LogP contribution < -0.4 is 5.73 Å².